The van der Waals surface area contributed by atoms with E-state index in [2.05, 4.69) is 0 Å². The molecule has 0 spiro atoms. The summed E-state index contributed by atoms with van der Waals surface area (Å²) in [5.41, 5.74) is 0.462. The summed E-state index contributed by atoms with van der Waals surface area (Å²) in [5.74, 6) is -0.803. The molecule has 1 heterocycles. The Hall–Kier alpha value is -2.04. The molecule has 96 valence electrons. The number of carboxylic acid groups (broad SMARTS) is 1. The lowest BCUT2D eigenvalue weighted by Crippen LogP contribution is -2.46. The molecule has 0 radical (unpaired) electrons. The van der Waals surface area contributed by atoms with Gasteiger partial charge in [-0.3, -0.25) is 4.79 Å². The summed E-state index contributed by atoms with van der Waals surface area (Å²) in [6, 6.07) is 5.81. The highest BCUT2D eigenvalue weighted by atomic mass is 16.5. The van der Waals surface area contributed by atoms with Gasteiger partial charge in [-0.15, -0.1) is 0 Å². The van der Waals surface area contributed by atoms with Crippen molar-refractivity contribution in [1.82, 2.24) is 4.90 Å². The van der Waals surface area contributed by atoms with Gasteiger partial charge in [0.05, 0.1) is 19.1 Å². The Labute approximate surface area is 105 Å². The molecule has 1 fully saturated rings. The van der Waals surface area contributed by atoms with Gasteiger partial charge in [0.15, 0.2) is 0 Å². The fraction of sp³-hybridized carbons (Fsp3) is 0.385. The van der Waals surface area contributed by atoms with Gasteiger partial charge in [0.25, 0.3) is 5.91 Å². The molecule has 1 aliphatic rings. The Morgan fingerprint density at radius 3 is 2.56 bits per heavy atom. The van der Waals surface area contributed by atoms with Crippen molar-refractivity contribution in [2.75, 3.05) is 13.7 Å². The van der Waals surface area contributed by atoms with Crippen molar-refractivity contribution in [3.63, 3.8) is 0 Å². The molecule has 1 atom stereocenters. The van der Waals surface area contributed by atoms with Crippen LogP contribution in [0.15, 0.2) is 24.3 Å². The maximum absolute atomic E-state index is 12.2. The number of nitrogens with zero attached hydrogens (tertiary/aromatic N) is 1. The smallest absolute Gasteiger partial charge is 0.254 e. The second-order valence-electron chi connectivity index (χ2n) is 4.20. The van der Waals surface area contributed by atoms with Crippen LogP contribution in [0.2, 0.25) is 0 Å². The maximum Gasteiger partial charge on any atom is 0.254 e. The van der Waals surface area contributed by atoms with Crippen molar-refractivity contribution in [3.05, 3.63) is 29.8 Å². The standard InChI is InChI=1S/C13H15NO4/c1-18-10-6-4-9(5-7-10)12(15)14-8-2-3-11(14)13(16)17/h4-7,11H,2-3,8H2,1H3,(H,16,17)/p-1/t11-/m0/s1. The summed E-state index contributed by atoms with van der Waals surface area (Å²) in [5, 5.41) is 10.9. The average molecular weight is 248 g/mol. The molecule has 2 rings (SSSR count). The van der Waals surface area contributed by atoms with E-state index in [1.54, 1.807) is 31.4 Å². The molecular weight excluding hydrogens is 234 g/mol. The van der Waals surface area contributed by atoms with Gasteiger partial charge < -0.3 is 19.5 Å². The minimum atomic E-state index is -1.19. The number of hydrogen-bond acceptors (Lipinski definition) is 4. The Morgan fingerprint density at radius 1 is 1.33 bits per heavy atom. The molecule has 0 saturated carbocycles. The van der Waals surface area contributed by atoms with Crippen LogP contribution < -0.4 is 9.84 Å². The molecule has 18 heavy (non-hydrogen) atoms. The largest absolute Gasteiger partial charge is 0.548 e. The molecule has 0 unspecified atom stereocenters. The van der Waals surface area contributed by atoms with Crippen LogP contribution in [0.1, 0.15) is 23.2 Å². The van der Waals surface area contributed by atoms with Gasteiger partial charge in [-0.05, 0) is 37.1 Å². The minimum absolute atomic E-state index is 0.274. The highest BCUT2D eigenvalue weighted by Crippen LogP contribution is 2.21. The number of carbonyl (C=O) groups excluding carboxylic acids is 2. The van der Waals surface area contributed by atoms with Gasteiger partial charge in [-0.1, -0.05) is 0 Å². The van der Waals surface area contributed by atoms with E-state index >= 15 is 0 Å². The second kappa shape index (κ2) is 5.08. The molecule has 0 N–H and O–H groups in total. The first-order chi connectivity index (χ1) is 8.63. The molecular formula is C13H14NO4-. The van der Waals surface area contributed by atoms with E-state index in [0.29, 0.717) is 30.7 Å². The number of ether oxygens (including phenoxy) is 1. The zero-order valence-electron chi connectivity index (χ0n) is 10.1. The molecule has 5 nitrogen and oxygen atoms in total. The van der Waals surface area contributed by atoms with E-state index in [0.717, 1.165) is 0 Å². The number of methoxy groups -OCH3 is 1. The van der Waals surface area contributed by atoms with Gasteiger partial charge in [0.1, 0.15) is 5.75 Å². The summed E-state index contributed by atoms with van der Waals surface area (Å²) in [4.78, 5) is 24.4. The fourth-order valence-electron chi connectivity index (χ4n) is 2.15. The summed E-state index contributed by atoms with van der Waals surface area (Å²) in [6.07, 6.45) is 1.16. The van der Waals surface area contributed by atoms with E-state index in [1.807, 2.05) is 0 Å². The zero-order chi connectivity index (χ0) is 13.1. The molecule has 5 heteroatoms. The molecule has 0 bridgehead atoms. The number of aliphatic carboxylic acids is 1. The predicted molar refractivity (Wildman–Crippen MR) is 62.1 cm³/mol. The maximum atomic E-state index is 12.2. The van der Waals surface area contributed by atoms with Gasteiger partial charge in [0.2, 0.25) is 0 Å². The van der Waals surface area contributed by atoms with Crippen LogP contribution in [0.5, 0.6) is 5.75 Å². The monoisotopic (exact) mass is 248 g/mol. The quantitative estimate of drug-likeness (QED) is 0.758. The topological polar surface area (TPSA) is 69.7 Å². The van der Waals surface area contributed by atoms with E-state index in [1.165, 1.54) is 4.90 Å². The van der Waals surface area contributed by atoms with Crippen LogP contribution in [0.25, 0.3) is 0 Å². The average Bonchev–Trinajstić information content (AvgIpc) is 2.87. The van der Waals surface area contributed by atoms with Crippen LogP contribution in [0.3, 0.4) is 0 Å². The molecule has 0 aliphatic carbocycles. The fourth-order valence-corrected chi connectivity index (χ4v) is 2.15. The lowest BCUT2D eigenvalue weighted by molar-refractivity contribution is -0.310. The van der Waals surface area contributed by atoms with Crippen molar-refractivity contribution < 1.29 is 19.4 Å². The SMILES string of the molecule is COc1ccc(C(=O)N2CCC[C@H]2C(=O)[O-])cc1. The van der Waals surface area contributed by atoms with Gasteiger partial charge in [-0.25, -0.2) is 0 Å². The van der Waals surface area contributed by atoms with E-state index in [4.69, 9.17) is 4.74 Å². The van der Waals surface area contributed by atoms with Crippen LogP contribution in [0, 0.1) is 0 Å². The first-order valence-electron chi connectivity index (χ1n) is 5.79. The van der Waals surface area contributed by atoms with Crippen LogP contribution in [0.4, 0.5) is 0 Å². The molecule has 1 aromatic carbocycles. The number of rotatable bonds is 3. The highest BCUT2D eigenvalue weighted by molar-refractivity contribution is 5.96. The predicted octanol–water partition coefficient (Wildman–Crippen LogP) is 0.0497. The number of carbonyl (C=O) groups is 2. The van der Waals surface area contributed by atoms with Crippen molar-refractivity contribution in [3.8, 4) is 5.75 Å². The van der Waals surface area contributed by atoms with Crippen LogP contribution in [-0.4, -0.2) is 36.5 Å². The normalized spacial score (nSPS) is 18.7. The second-order valence-corrected chi connectivity index (χ2v) is 4.20. The van der Waals surface area contributed by atoms with E-state index < -0.39 is 12.0 Å². The summed E-state index contributed by atoms with van der Waals surface area (Å²) in [7, 11) is 1.55. The van der Waals surface area contributed by atoms with Gasteiger partial charge in [0, 0.05) is 12.1 Å². The van der Waals surface area contributed by atoms with Crippen molar-refractivity contribution in [1.29, 1.82) is 0 Å². The van der Waals surface area contributed by atoms with Crippen molar-refractivity contribution in [2.45, 2.75) is 18.9 Å². The third-order valence-electron chi connectivity index (χ3n) is 3.12. The molecule has 1 saturated heterocycles. The molecule has 1 aromatic rings. The third kappa shape index (κ3) is 2.30. The highest BCUT2D eigenvalue weighted by Gasteiger charge is 2.30. The number of amides is 1. The number of hydrogen-bond donors (Lipinski definition) is 0. The van der Waals surface area contributed by atoms with Gasteiger partial charge in [-0.2, -0.15) is 0 Å². The Balaban J connectivity index is 2.17. The number of benzene rings is 1. The van der Waals surface area contributed by atoms with Crippen LogP contribution >= 0.6 is 0 Å². The Kier molecular flexibility index (Phi) is 3.50. The number of likely N-dealkylation sites (tertiary alicyclic amines) is 1. The van der Waals surface area contributed by atoms with Crippen LogP contribution in [-0.2, 0) is 4.79 Å². The number of carboxylic acids is 1. The third-order valence-corrected chi connectivity index (χ3v) is 3.12. The molecule has 0 aromatic heterocycles. The summed E-state index contributed by atoms with van der Waals surface area (Å²) in [6.45, 7) is 0.462. The first-order valence-corrected chi connectivity index (χ1v) is 5.79. The summed E-state index contributed by atoms with van der Waals surface area (Å²) >= 11 is 0. The van der Waals surface area contributed by atoms with Gasteiger partial charge >= 0.3 is 0 Å². The minimum Gasteiger partial charge on any atom is -0.548 e. The molecule has 1 amide bonds. The van der Waals surface area contributed by atoms with Crippen molar-refractivity contribution in [2.24, 2.45) is 0 Å². The lowest BCUT2D eigenvalue weighted by Gasteiger charge is -2.25. The van der Waals surface area contributed by atoms with Crippen molar-refractivity contribution >= 4 is 11.9 Å². The zero-order valence-corrected chi connectivity index (χ0v) is 10.1. The molecule has 1 aliphatic heterocycles. The van der Waals surface area contributed by atoms with E-state index in [-0.39, 0.29) is 5.91 Å². The Bertz CT molecular complexity index is 455. The Morgan fingerprint density at radius 2 is 2.00 bits per heavy atom. The first kappa shape index (κ1) is 12.4. The lowest BCUT2D eigenvalue weighted by atomic mass is 10.1. The van der Waals surface area contributed by atoms with E-state index in [9.17, 15) is 14.7 Å². The summed E-state index contributed by atoms with van der Waals surface area (Å²) < 4.78 is 5.00.